The molecule has 0 spiro atoms. The summed E-state index contributed by atoms with van der Waals surface area (Å²) in [5.41, 5.74) is 0. The van der Waals surface area contributed by atoms with E-state index in [1.807, 2.05) is 0 Å². The van der Waals surface area contributed by atoms with Gasteiger partial charge in [-0.3, -0.25) is 0 Å². The first-order valence-electron chi connectivity index (χ1n) is 7.76. The van der Waals surface area contributed by atoms with Crippen molar-refractivity contribution in [3.05, 3.63) is 0 Å². The Morgan fingerprint density at radius 3 is 2.71 bits per heavy atom. The zero-order valence-corrected chi connectivity index (χ0v) is 12.1. The number of aliphatic hydroxyl groups is 1. The zero-order chi connectivity index (χ0) is 15.0. The lowest BCUT2D eigenvalue weighted by Gasteiger charge is -2.36. The minimum Gasteiger partial charge on any atom is -0.480 e. The second kappa shape index (κ2) is 5.81. The number of carbonyl (C=O) groups excluding carboxylic acids is 1. The Bertz CT molecular complexity index is 430. The molecule has 0 saturated carbocycles. The van der Waals surface area contributed by atoms with E-state index in [0.29, 0.717) is 6.04 Å². The molecule has 4 unspecified atom stereocenters. The lowest BCUT2D eigenvalue weighted by molar-refractivity contribution is -0.141. The fourth-order valence-electron chi connectivity index (χ4n) is 3.89. The van der Waals surface area contributed by atoms with E-state index in [2.05, 4.69) is 10.2 Å². The first kappa shape index (κ1) is 14.6. The van der Waals surface area contributed by atoms with Gasteiger partial charge >= 0.3 is 12.0 Å². The highest BCUT2D eigenvalue weighted by atomic mass is 16.4. The van der Waals surface area contributed by atoms with Crippen molar-refractivity contribution in [2.24, 2.45) is 0 Å². The van der Waals surface area contributed by atoms with Crippen molar-refractivity contribution in [2.45, 2.75) is 56.3 Å². The van der Waals surface area contributed by atoms with Gasteiger partial charge in [-0.25, -0.2) is 9.59 Å². The molecule has 0 aliphatic carbocycles. The number of hydrogen-bond acceptors (Lipinski definition) is 4. The molecule has 0 aromatic heterocycles. The van der Waals surface area contributed by atoms with Crippen molar-refractivity contribution in [3.63, 3.8) is 0 Å². The number of amides is 2. The molecular weight excluding hydrogens is 274 g/mol. The SMILES string of the molecule is O=C(O)C1CC(O)CN1C(=O)NC1CCN2CCCC2C1. The molecule has 3 aliphatic heterocycles. The molecule has 3 saturated heterocycles. The highest BCUT2D eigenvalue weighted by molar-refractivity contribution is 5.83. The average molecular weight is 297 g/mol. The lowest BCUT2D eigenvalue weighted by atomic mass is 9.98. The van der Waals surface area contributed by atoms with Crippen molar-refractivity contribution < 1.29 is 19.8 Å². The Morgan fingerprint density at radius 1 is 1.14 bits per heavy atom. The van der Waals surface area contributed by atoms with E-state index in [-0.39, 0.29) is 25.0 Å². The van der Waals surface area contributed by atoms with Gasteiger partial charge in [0.1, 0.15) is 6.04 Å². The van der Waals surface area contributed by atoms with Crippen molar-refractivity contribution >= 4 is 12.0 Å². The van der Waals surface area contributed by atoms with Crippen LogP contribution in [0, 0.1) is 0 Å². The maximum absolute atomic E-state index is 12.3. The molecule has 0 radical (unpaired) electrons. The van der Waals surface area contributed by atoms with E-state index in [9.17, 15) is 14.7 Å². The Hall–Kier alpha value is -1.34. The minimum atomic E-state index is -1.05. The Kier molecular flexibility index (Phi) is 4.03. The molecule has 3 aliphatic rings. The van der Waals surface area contributed by atoms with E-state index in [1.165, 1.54) is 17.7 Å². The number of piperidine rings is 1. The van der Waals surface area contributed by atoms with Crippen molar-refractivity contribution in [2.75, 3.05) is 19.6 Å². The molecular formula is C14H23N3O4. The van der Waals surface area contributed by atoms with Gasteiger partial charge in [0.2, 0.25) is 0 Å². The van der Waals surface area contributed by atoms with E-state index < -0.39 is 18.1 Å². The van der Waals surface area contributed by atoms with Crippen LogP contribution in [0.25, 0.3) is 0 Å². The second-order valence-corrected chi connectivity index (χ2v) is 6.40. The Balaban J connectivity index is 1.57. The quantitative estimate of drug-likeness (QED) is 0.659. The lowest BCUT2D eigenvalue weighted by Crippen LogP contribution is -2.53. The van der Waals surface area contributed by atoms with Crippen LogP contribution in [-0.4, -0.2) is 75.9 Å². The van der Waals surface area contributed by atoms with Crippen LogP contribution in [0.5, 0.6) is 0 Å². The predicted octanol–water partition coefficient (Wildman–Crippen LogP) is -0.157. The van der Waals surface area contributed by atoms with Gasteiger partial charge in [0, 0.05) is 31.6 Å². The fourth-order valence-corrected chi connectivity index (χ4v) is 3.89. The Morgan fingerprint density at radius 2 is 1.95 bits per heavy atom. The van der Waals surface area contributed by atoms with Crippen LogP contribution >= 0.6 is 0 Å². The Labute approximate surface area is 123 Å². The van der Waals surface area contributed by atoms with Crippen molar-refractivity contribution in [1.82, 2.24) is 15.1 Å². The number of rotatable bonds is 2. The maximum atomic E-state index is 12.3. The van der Waals surface area contributed by atoms with Gasteiger partial charge in [-0.15, -0.1) is 0 Å². The summed E-state index contributed by atoms with van der Waals surface area (Å²) in [6.07, 6.45) is 3.64. The summed E-state index contributed by atoms with van der Waals surface area (Å²) in [7, 11) is 0. The number of fused-ring (bicyclic) bond motifs is 1. The van der Waals surface area contributed by atoms with Crippen LogP contribution in [0.15, 0.2) is 0 Å². The number of nitrogens with zero attached hydrogens (tertiary/aromatic N) is 2. The van der Waals surface area contributed by atoms with E-state index in [1.54, 1.807) is 0 Å². The van der Waals surface area contributed by atoms with Crippen molar-refractivity contribution in [1.29, 1.82) is 0 Å². The van der Waals surface area contributed by atoms with Crippen LogP contribution in [0.3, 0.4) is 0 Å². The number of aliphatic carboxylic acids is 1. The molecule has 4 atom stereocenters. The summed E-state index contributed by atoms with van der Waals surface area (Å²) in [5, 5.41) is 21.7. The molecule has 0 aromatic carbocycles. The molecule has 118 valence electrons. The van der Waals surface area contributed by atoms with Gasteiger partial charge in [-0.1, -0.05) is 0 Å². The summed E-state index contributed by atoms with van der Waals surface area (Å²) in [6, 6.07) is -0.588. The molecule has 0 bridgehead atoms. The van der Waals surface area contributed by atoms with E-state index in [4.69, 9.17) is 5.11 Å². The van der Waals surface area contributed by atoms with E-state index >= 15 is 0 Å². The van der Waals surface area contributed by atoms with Gasteiger partial charge in [0.25, 0.3) is 0 Å². The van der Waals surface area contributed by atoms with E-state index in [0.717, 1.165) is 25.9 Å². The third-order valence-corrected chi connectivity index (χ3v) is 4.97. The topological polar surface area (TPSA) is 93.1 Å². The first-order chi connectivity index (χ1) is 10.0. The van der Waals surface area contributed by atoms with Crippen LogP contribution in [0.2, 0.25) is 0 Å². The minimum absolute atomic E-state index is 0.102. The fraction of sp³-hybridized carbons (Fsp3) is 0.857. The largest absolute Gasteiger partial charge is 0.480 e. The number of urea groups is 1. The third kappa shape index (κ3) is 2.98. The molecule has 21 heavy (non-hydrogen) atoms. The number of aliphatic hydroxyl groups excluding tert-OH is 1. The number of carboxylic acid groups (broad SMARTS) is 1. The van der Waals surface area contributed by atoms with Crippen LogP contribution in [0.4, 0.5) is 4.79 Å². The summed E-state index contributed by atoms with van der Waals surface area (Å²) in [6.45, 7) is 2.26. The van der Waals surface area contributed by atoms with Gasteiger partial charge in [-0.05, 0) is 32.2 Å². The van der Waals surface area contributed by atoms with Gasteiger partial charge in [0.15, 0.2) is 0 Å². The van der Waals surface area contributed by atoms with Gasteiger partial charge < -0.3 is 25.3 Å². The van der Waals surface area contributed by atoms with Crippen LogP contribution in [0.1, 0.15) is 32.1 Å². The normalized spacial score (nSPS) is 36.5. The number of likely N-dealkylation sites (tertiary alicyclic amines) is 1. The molecule has 3 N–H and O–H groups in total. The molecule has 3 fully saturated rings. The number of nitrogens with one attached hydrogen (secondary N) is 1. The standard InChI is InChI=1S/C14H23N3O4/c18-11-7-12(13(19)20)17(8-11)14(21)15-9-3-5-16-4-1-2-10(16)6-9/h9-12,18H,1-8H2,(H,15,21)(H,19,20). The third-order valence-electron chi connectivity index (χ3n) is 4.97. The number of hydrogen-bond donors (Lipinski definition) is 3. The second-order valence-electron chi connectivity index (χ2n) is 6.40. The van der Waals surface area contributed by atoms with Gasteiger partial charge in [0.05, 0.1) is 6.10 Å². The summed E-state index contributed by atoms with van der Waals surface area (Å²) < 4.78 is 0. The summed E-state index contributed by atoms with van der Waals surface area (Å²) in [4.78, 5) is 27.2. The number of β-amino-alcohol motifs (C(OH)–C–C–N with tert-alkyl or cyclic N) is 1. The smallest absolute Gasteiger partial charge is 0.326 e. The first-order valence-corrected chi connectivity index (χ1v) is 7.76. The van der Waals surface area contributed by atoms with Crippen LogP contribution in [-0.2, 0) is 4.79 Å². The predicted molar refractivity (Wildman–Crippen MR) is 74.9 cm³/mol. The number of carboxylic acids is 1. The zero-order valence-electron chi connectivity index (χ0n) is 12.1. The molecule has 7 heteroatoms. The number of carbonyl (C=O) groups is 2. The van der Waals surface area contributed by atoms with Crippen molar-refractivity contribution in [3.8, 4) is 0 Å². The van der Waals surface area contributed by atoms with Gasteiger partial charge in [-0.2, -0.15) is 0 Å². The molecule has 3 heterocycles. The monoisotopic (exact) mass is 297 g/mol. The molecule has 3 rings (SSSR count). The molecule has 2 amide bonds. The van der Waals surface area contributed by atoms with Crippen LogP contribution < -0.4 is 5.32 Å². The molecule has 7 nitrogen and oxygen atoms in total. The molecule has 0 aromatic rings. The summed E-state index contributed by atoms with van der Waals surface area (Å²) in [5.74, 6) is -1.05. The summed E-state index contributed by atoms with van der Waals surface area (Å²) >= 11 is 0. The highest BCUT2D eigenvalue weighted by Gasteiger charge is 2.40. The highest BCUT2D eigenvalue weighted by Crippen LogP contribution is 2.27. The average Bonchev–Trinajstić information content (AvgIpc) is 3.04. The maximum Gasteiger partial charge on any atom is 0.326 e.